The predicted molar refractivity (Wildman–Crippen MR) is 132 cm³/mol. The van der Waals surface area contributed by atoms with Crippen LogP contribution in [0.3, 0.4) is 0 Å². The minimum absolute atomic E-state index is 0.980. The van der Waals surface area contributed by atoms with Crippen molar-refractivity contribution in [2.75, 3.05) is 12.3 Å². The monoisotopic (exact) mass is 398 g/mol. The highest BCUT2D eigenvalue weighted by atomic mass is 31.1. The van der Waals surface area contributed by atoms with Crippen LogP contribution in [-0.4, -0.2) is 12.3 Å². The molecule has 0 saturated heterocycles. The molecular formula is C27H43P. The second-order valence-electron chi connectivity index (χ2n) is 7.95. The summed E-state index contributed by atoms with van der Waals surface area (Å²) in [6, 6.07) is 20.8. The number of hydrogen-bond donors (Lipinski definition) is 0. The normalized spacial score (nSPS) is 12.0. The van der Waals surface area contributed by atoms with Crippen molar-refractivity contribution in [3.05, 3.63) is 60.7 Å². The van der Waals surface area contributed by atoms with Crippen LogP contribution in [0.5, 0.6) is 0 Å². The standard InChI is InChI=1S/C15H33P.C12H10/c1-4-6-7-8-9-10-11-13-16-14-15(3)12-5-2;1-3-7-11(8-4-1)12-9-5-2-6-10-12/h15-16H,4-14H2,1-3H3;1-10H. The van der Waals surface area contributed by atoms with Crippen molar-refractivity contribution < 1.29 is 0 Å². The molecule has 2 atom stereocenters. The minimum Gasteiger partial charge on any atom is -0.122 e. The molecule has 0 aliphatic rings. The van der Waals surface area contributed by atoms with Crippen LogP contribution < -0.4 is 0 Å². The van der Waals surface area contributed by atoms with Gasteiger partial charge in [0, 0.05) is 0 Å². The van der Waals surface area contributed by atoms with E-state index in [2.05, 4.69) is 69.3 Å². The molecule has 0 spiro atoms. The van der Waals surface area contributed by atoms with E-state index in [1.807, 2.05) is 12.1 Å². The van der Waals surface area contributed by atoms with Gasteiger partial charge in [0.25, 0.3) is 0 Å². The predicted octanol–water partition coefficient (Wildman–Crippen LogP) is 9.21. The Labute approximate surface area is 177 Å². The molecule has 0 aromatic heterocycles. The molecule has 1 heteroatoms. The van der Waals surface area contributed by atoms with E-state index in [1.54, 1.807) is 0 Å². The molecule has 0 bridgehead atoms. The molecule has 156 valence electrons. The van der Waals surface area contributed by atoms with Crippen molar-refractivity contribution in [1.29, 1.82) is 0 Å². The van der Waals surface area contributed by atoms with E-state index in [-0.39, 0.29) is 0 Å². The number of hydrogen-bond acceptors (Lipinski definition) is 0. The lowest BCUT2D eigenvalue weighted by Crippen LogP contribution is -1.96. The highest BCUT2D eigenvalue weighted by Crippen LogP contribution is 2.21. The van der Waals surface area contributed by atoms with Gasteiger partial charge in [-0.25, -0.2) is 0 Å². The van der Waals surface area contributed by atoms with E-state index in [0.29, 0.717) is 0 Å². The van der Waals surface area contributed by atoms with Crippen LogP contribution in [0.4, 0.5) is 0 Å². The third-order valence-electron chi connectivity index (χ3n) is 5.11. The van der Waals surface area contributed by atoms with E-state index < -0.39 is 0 Å². The van der Waals surface area contributed by atoms with Crippen LogP contribution in [0.15, 0.2) is 60.7 Å². The van der Waals surface area contributed by atoms with Crippen molar-refractivity contribution in [1.82, 2.24) is 0 Å². The second-order valence-corrected chi connectivity index (χ2v) is 9.36. The van der Waals surface area contributed by atoms with Crippen molar-refractivity contribution in [3.63, 3.8) is 0 Å². The Hall–Kier alpha value is -1.13. The Balaban J connectivity index is 0.000000289. The van der Waals surface area contributed by atoms with Crippen LogP contribution in [-0.2, 0) is 0 Å². The molecule has 0 radical (unpaired) electrons. The lowest BCUT2D eigenvalue weighted by Gasteiger charge is -2.09. The van der Waals surface area contributed by atoms with Crippen LogP contribution in [0.1, 0.15) is 78.6 Å². The number of rotatable bonds is 13. The summed E-state index contributed by atoms with van der Waals surface area (Å²) in [7, 11) is 1.23. The highest BCUT2D eigenvalue weighted by molar-refractivity contribution is 7.37. The molecule has 0 saturated carbocycles. The Morgan fingerprint density at radius 2 is 1.14 bits per heavy atom. The summed E-state index contributed by atoms with van der Waals surface area (Å²) in [6.07, 6.45) is 16.0. The molecule has 0 fully saturated rings. The first kappa shape index (κ1) is 24.9. The zero-order valence-electron chi connectivity index (χ0n) is 18.6. The molecule has 0 N–H and O–H groups in total. The molecule has 0 aliphatic heterocycles. The van der Waals surface area contributed by atoms with Gasteiger partial charge in [-0.15, -0.1) is 8.58 Å². The molecule has 2 aromatic carbocycles. The lowest BCUT2D eigenvalue weighted by molar-refractivity contribution is 0.581. The summed E-state index contributed by atoms with van der Waals surface area (Å²) in [4.78, 5) is 0. The van der Waals surface area contributed by atoms with Gasteiger partial charge in [0.1, 0.15) is 0 Å². The van der Waals surface area contributed by atoms with Crippen LogP contribution in [0.2, 0.25) is 0 Å². The highest BCUT2D eigenvalue weighted by Gasteiger charge is 1.99. The Kier molecular flexibility index (Phi) is 16.0. The molecule has 0 amide bonds. The fraction of sp³-hybridized carbons (Fsp3) is 0.556. The smallest absolute Gasteiger partial charge is 0.0184 e. The van der Waals surface area contributed by atoms with E-state index in [4.69, 9.17) is 0 Å². The average Bonchev–Trinajstić information content (AvgIpc) is 2.74. The first-order valence-corrected chi connectivity index (χ1v) is 13.0. The first-order valence-electron chi connectivity index (χ1n) is 11.6. The Bertz CT molecular complexity index is 511. The maximum absolute atomic E-state index is 2.42. The molecule has 0 nitrogen and oxygen atoms in total. The van der Waals surface area contributed by atoms with Crippen LogP contribution >= 0.6 is 8.58 Å². The summed E-state index contributed by atoms with van der Waals surface area (Å²) in [5.41, 5.74) is 2.55. The number of benzene rings is 2. The van der Waals surface area contributed by atoms with Gasteiger partial charge in [0.2, 0.25) is 0 Å². The molecular weight excluding hydrogens is 355 g/mol. The summed E-state index contributed by atoms with van der Waals surface area (Å²) in [5.74, 6) is 0.980. The maximum Gasteiger partial charge on any atom is -0.0184 e. The fourth-order valence-electron chi connectivity index (χ4n) is 3.41. The van der Waals surface area contributed by atoms with Gasteiger partial charge in [-0.05, 0) is 35.8 Å². The zero-order valence-corrected chi connectivity index (χ0v) is 19.6. The summed E-state index contributed by atoms with van der Waals surface area (Å²) in [6.45, 7) is 7.01. The van der Waals surface area contributed by atoms with Gasteiger partial charge in [0.15, 0.2) is 0 Å². The van der Waals surface area contributed by atoms with Crippen LogP contribution in [0, 0.1) is 5.92 Å². The minimum atomic E-state index is 0.980. The molecule has 2 aromatic rings. The maximum atomic E-state index is 2.42. The van der Waals surface area contributed by atoms with Gasteiger partial charge in [-0.1, -0.05) is 133 Å². The summed E-state index contributed by atoms with van der Waals surface area (Å²) in [5, 5.41) is 0. The quantitative estimate of drug-likeness (QED) is 0.233. The molecule has 0 heterocycles. The number of unbranched alkanes of at least 4 members (excludes halogenated alkanes) is 6. The average molecular weight is 399 g/mol. The molecule has 28 heavy (non-hydrogen) atoms. The van der Waals surface area contributed by atoms with E-state index in [0.717, 1.165) is 5.92 Å². The van der Waals surface area contributed by atoms with Crippen molar-refractivity contribution in [3.8, 4) is 11.1 Å². The van der Waals surface area contributed by atoms with Gasteiger partial charge in [0.05, 0.1) is 0 Å². The van der Waals surface area contributed by atoms with E-state index in [1.165, 1.54) is 89.8 Å². The van der Waals surface area contributed by atoms with Gasteiger partial charge in [-0.3, -0.25) is 0 Å². The first-order chi connectivity index (χ1) is 13.8. The SMILES string of the molecule is CCCCCCCCCPCC(C)CCC.c1ccc(-c2ccccc2)cc1. The van der Waals surface area contributed by atoms with Gasteiger partial charge >= 0.3 is 0 Å². The van der Waals surface area contributed by atoms with Crippen molar-refractivity contribution in [2.45, 2.75) is 78.6 Å². The lowest BCUT2D eigenvalue weighted by atomic mass is 10.1. The van der Waals surface area contributed by atoms with Gasteiger partial charge < -0.3 is 0 Å². The second kappa shape index (κ2) is 17.9. The summed E-state index contributed by atoms with van der Waals surface area (Å²) >= 11 is 0. The van der Waals surface area contributed by atoms with Gasteiger partial charge in [-0.2, -0.15) is 0 Å². The third kappa shape index (κ3) is 13.1. The third-order valence-corrected chi connectivity index (χ3v) is 6.80. The molecule has 2 rings (SSSR count). The van der Waals surface area contributed by atoms with Crippen molar-refractivity contribution in [2.24, 2.45) is 5.92 Å². The largest absolute Gasteiger partial charge is 0.122 e. The molecule has 0 aliphatic carbocycles. The Morgan fingerprint density at radius 1 is 0.643 bits per heavy atom. The topological polar surface area (TPSA) is 0 Å². The summed E-state index contributed by atoms with van der Waals surface area (Å²) < 4.78 is 0. The van der Waals surface area contributed by atoms with E-state index >= 15 is 0 Å². The fourth-order valence-corrected chi connectivity index (χ4v) is 4.81. The van der Waals surface area contributed by atoms with Crippen LogP contribution in [0.25, 0.3) is 11.1 Å². The molecule has 2 unspecified atom stereocenters. The Morgan fingerprint density at radius 3 is 1.64 bits per heavy atom. The zero-order chi connectivity index (χ0) is 20.3. The van der Waals surface area contributed by atoms with E-state index in [9.17, 15) is 0 Å². The van der Waals surface area contributed by atoms with Crippen molar-refractivity contribution >= 4 is 8.58 Å².